The summed E-state index contributed by atoms with van der Waals surface area (Å²) in [6.07, 6.45) is 8.60. The van der Waals surface area contributed by atoms with E-state index in [4.69, 9.17) is 4.42 Å². The van der Waals surface area contributed by atoms with Crippen LogP contribution in [-0.4, -0.2) is 40.0 Å². The first-order valence-electron chi connectivity index (χ1n) is 9.98. The molecule has 1 saturated heterocycles. The van der Waals surface area contributed by atoms with Crippen LogP contribution in [-0.2, 0) is 5.54 Å². The minimum atomic E-state index is -0.239. The Bertz CT molecular complexity index is 994. The van der Waals surface area contributed by atoms with Crippen molar-refractivity contribution in [2.45, 2.75) is 31.7 Å². The zero-order valence-electron chi connectivity index (χ0n) is 16.0. The van der Waals surface area contributed by atoms with Gasteiger partial charge in [-0.05, 0) is 49.2 Å². The number of aromatic nitrogens is 2. The van der Waals surface area contributed by atoms with Crippen LogP contribution >= 0.6 is 0 Å². The number of unbranched alkanes of at least 4 members (excludes halogenated alkanes) is 1. The van der Waals surface area contributed by atoms with Crippen LogP contribution in [0.5, 0.6) is 0 Å². The van der Waals surface area contributed by atoms with Gasteiger partial charge in [0.2, 0.25) is 0 Å². The number of fused-ring (bicyclic) bond motifs is 4. The zero-order valence-corrected chi connectivity index (χ0v) is 16.0. The summed E-state index contributed by atoms with van der Waals surface area (Å²) in [5, 5.41) is 0. The first kappa shape index (κ1) is 17.1. The Morgan fingerprint density at radius 1 is 1.25 bits per heavy atom. The molecule has 144 valence electrons. The number of anilines is 1. The molecule has 1 spiro atoms. The second kappa shape index (κ2) is 6.55. The smallest absolute Gasteiger partial charge is 0.289 e. The van der Waals surface area contributed by atoms with Gasteiger partial charge >= 0.3 is 0 Å². The Morgan fingerprint density at radius 3 is 3.00 bits per heavy atom. The average molecular weight is 376 g/mol. The summed E-state index contributed by atoms with van der Waals surface area (Å²) in [6, 6.07) is 11.9. The fraction of sp³-hybridized carbons (Fsp3) is 0.364. The highest BCUT2D eigenvalue weighted by atomic mass is 16.3. The van der Waals surface area contributed by atoms with Crippen molar-refractivity contribution in [1.82, 2.24) is 14.5 Å². The van der Waals surface area contributed by atoms with Gasteiger partial charge in [-0.3, -0.25) is 4.79 Å². The maximum absolute atomic E-state index is 12.9. The second-order valence-corrected chi connectivity index (χ2v) is 7.60. The number of hydrogen-bond donors (Lipinski definition) is 0. The molecule has 0 N–H and O–H groups in total. The van der Waals surface area contributed by atoms with Gasteiger partial charge in [0.25, 0.3) is 5.91 Å². The van der Waals surface area contributed by atoms with Crippen molar-refractivity contribution in [3.05, 3.63) is 66.5 Å². The number of hydrogen-bond acceptors (Lipinski definition) is 4. The quantitative estimate of drug-likeness (QED) is 0.694. The number of pyridine rings is 1. The van der Waals surface area contributed by atoms with Crippen LogP contribution in [0.3, 0.4) is 0 Å². The number of rotatable bonds is 4. The lowest BCUT2D eigenvalue weighted by Crippen LogP contribution is -2.53. The van der Waals surface area contributed by atoms with E-state index in [1.54, 1.807) is 18.4 Å². The van der Waals surface area contributed by atoms with Gasteiger partial charge in [-0.25, -0.2) is 4.98 Å². The van der Waals surface area contributed by atoms with Gasteiger partial charge in [0.05, 0.1) is 24.2 Å². The van der Waals surface area contributed by atoms with Gasteiger partial charge in [0, 0.05) is 25.5 Å². The summed E-state index contributed by atoms with van der Waals surface area (Å²) >= 11 is 0. The second-order valence-electron chi connectivity index (χ2n) is 7.60. The van der Waals surface area contributed by atoms with Gasteiger partial charge in [0.15, 0.2) is 11.6 Å². The predicted molar refractivity (Wildman–Crippen MR) is 107 cm³/mol. The molecule has 5 rings (SSSR count). The maximum atomic E-state index is 12.9. The monoisotopic (exact) mass is 376 g/mol. The van der Waals surface area contributed by atoms with Gasteiger partial charge in [0.1, 0.15) is 5.54 Å². The number of furan rings is 1. The molecule has 2 aliphatic rings. The third-order valence-electron chi connectivity index (χ3n) is 6.03. The van der Waals surface area contributed by atoms with Crippen LogP contribution in [0.2, 0.25) is 0 Å². The van der Waals surface area contributed by atoms with Crippen molar-refractivity contribution in [3.8, 4) is 5.82 Å². The Kier molecular flexibility index (Phi) is 4.00. The highest BCUT2D eigenvalue weighted by Crippen LogP contribution is 2.47. The minimum absolute atomic E-state index is 0.0348. The van der Waals surface area contributed by atoms with Crippen LogP contribution in [0.1, 0.15) is 42.4 Å². The first-order chi connectivity index (χ1) is 13.7. The zero-order chi connectivity index (χ0) is 19.1. The molecule has 0 aliphatic carbocycles. The average Bonchev–Trinajstić information content (AvgIpc) is 3.48. The van der Waals surface area contributed by atoms with Crippen LogP contribution in [0.15, 0.2) is 59.5 Å². The largest absolute Gasteiger partial charge is 0.459 e. The molecule has 1 amide bonds. The van der Waals surface area contributed by atoms with E-state index in [9.17, 15) is 4.79 Å². The lowest BCUT2D eigenvalue weighted by molar-refractivity contribution is 0.0750. The predicted octanol–water partition coefficient (Wildman–Crippen LogP) is 3.83. The van der Waals surface area contributed by atoms with E-state index in [0.717, 1.165) is 37.3 Å². The molecule has 28 heavy (non-hydrogen) atoms. The molecule has 6 nitrogen and oxygen atoms in total. The lowest BCUT2D eigenvalue weighted by Gasteiger charge is -2.47. The maximum Gasteiger partial charge on any atom is 0.289 e. The molecule has 0 unspecified atom stereocenters. The van der Waals surface area contributed by atoms with E-state index < -0.39 is 0 Å². The third-order valence-corrected chi connectivity index (χ3v) is 6.03. The molecule has 0 bridgehead atoms. The van der Waals surface area contributed by atoms with Crippen molar-refractivity contribution in [1.29, 1.82) is 0 Å². The molecule has 1 atom stereocenters. The van der Waals surface area contributed by atoms with Crippen LogP contribution < -0.4 is 4.90 Å². The molecular weight excluding hydrogens is 352 g/mol. The summed E-state index contributed by atoms with van der Waals surface area (Å²) < 4.78 is 7.56. The van der Waals surface area contributed by atoms with E-state index in [2.05, 4.69) is 45.8 Å². The normalized spacial score (nSPS) is 20.5. The SMILES string of the molecule is CCCCN1c2cccnc2-n2cccc2[C@]12CCN(C(=O)c1ccco1)C2. The van der Waals surface area contributed by atoms with Gasteiger partial charge in [-0.1, -0.05) is 13.3 Å². The van der Waals surface area contributed by atoms with E-state index in [0.29, 0.717) is 18.8 Å². The summed E-state index contributed by atoms with van der Waals surface area (Å²) in [7, 11) is 0. The fourth-order valence-corrected chi connectivity index (χ4v) is 4.70. The summed E-state index contributed by atoms with van der Waals surface area (Å²) in [5.41, 5.74) is 2.12. The molecule has 2 aliphatic heterocycles. The molecule has 6 heteroatoms. The Labute approximate surface area is 164 Å². The first-order valence-corrected chi connectivity index (χ1v) is 9.98. The van der Waals surface area contributed by atoms with Crippen LogP contribution in [0, 0.1) is 0 Å². The lowest BCUT2D eigenvalue weighted by atomic mass is 9.88. The summed E-state index contributed by atoms with van der Waals surface area (Å²) in [6.45, 7) is 4.52. The number of carbonyl (C=O) groups is 1. The number of carbonyl (C=O) groups excluding carboxylic acids is 1. The Morgan fingerprint density at radius 2 is 2.18 bits per heavy atom. The van der Waals surface area contributed by atoms with Crippen molar-refractivity contribution < 1.29 is 9.21 Å². The van der Waals surface area contributed by atoms with Crippen molar-refractivity contribution in [2.75, 3.05) is 24.5 Å². The highest BCUT2D eigenvalue weighted by molar-refractivity contribution is 5.92. The molecular formula is C22H24N4O2. The highest BCUT2D eigenvalue weighted by Gasteiger charge is 2.50. The molecule has 0 saturated carbocycles. The van der Waals surface area contributed by atoms with Crippen molar-refractivity contribution in [2.24, 2.45) is 0 Å². The van der Waals surface area contributed by atoms with Gasteiger partial charge in [-0.2, -0.15) is 0 Å². The van der Waals surface area contributed by atoms with Crippen molar-refractivity contribution in [3.63, 3.8) is 0 Å². The van der Waals surface area contributed by atoms with E-state index >= 15 is 0 Å². The molecule has 1 fully saturated rings. The summed E-state index contributed by atoms with van der Waals surface area (Å²) in [4.78, 5) is 22.0. The minimum Gasteiger partial charge on any atom is -0.459 e. The van der Waals surface area contributed by atoms with Crippen molar-refractivity contribution >= 4 is 11.6 Å². The molecule has 5 heterocycles. The van der Waals surface area contributed by atoms with Gasteiger partial charge < -0.3 is 18.8 Å². The van der Waals surface area contributed by atoms with Crippen LogP contribution in [0.4, 0.5) is 5.69 Å². The van der Waals surface area contributed by atoms with Gasteiger partial charge in [-0.15, -0.1) is 0 Å². The standard InChI is InChI=1S/C22H24N4O2/c1-2-3-13-26-17-7-4-11-23-20(17)25-12-5-9-19(25)22(26)10-14-24(16-22)21(27)18-8-6-15-28-18/h4-9,11-12,15H,2-3,10,13-14,16H2,1H3/t22-/m1/s1. The molecule has 0 aromatic carbocycles. The van der Waals surface area contributed by atoms with Crippen LogP contribution in [0.25, 0.3) is 5.82 Å². The Balaban J connectivity index is 1.58. The number of nitrogens with zero attached hydrogens (tertiary/aromatic N) is 4. The molecule has 0 radical (unpaired) electrons. The van der Waals surface area contributed by atoms with E-state index in [-0.39, 0.29) is 11.4 Å². The van der Waals surface area contributed by atoms with E-state index in [1.807, 2.05) is 17.2 Å². The topological polar surface area (TPSA) is 54.5 Å². The van der Waals surface area contributed by atoms with E-state index in [1.165, 1.54) is 5.69 Å². The number of amides is 1. The summed E-state index contributed by atoms with van der Waals surface area (Å²) in [5.74, 6) is 1.35. The molecule has 3 aromatic heterocycles. The number of likely N-dealkylation sites (tertiary alicyclic amines) is 1. The fourth-order valence-electron chi connectivity index (χ4n) is 4.70. The molecule has 3 aromatic rings. The third kappa shape index (κ3) is 2.40. The Hall–Kier alpha value is -3.02.